The van der Waals surface area contributed by atoms with Gasteiger partial charge in [-0.05, 0) is 41.6 Å². The molecule has 2 heterocycles. The number of rotatable bonds is 3. The quantitative estimate of drug-likeness (QED) is 0.693. The zero-order chi connectivity index (χ0) is 12.5. The lowest BCUT2D eigenvalue weighted by Gasteiger charge is -2.04. The third kappa shape index (κ3) is 2.01. The summed E-state index contributed by atoms with van der Waals surface area (Å²) in [6.07, 6.45) is 6.77. The fourth-order valence-electron chi connectivity index (χ4n) is 2.20. The van der Waals surface area contributed by atoms with Crippen molar-refractivity contribution < 1.29 is 4.39 Å². The van der Waals surface area contributed by atoms with Crippen molar-refractivity contribution in [2.24, 2.45) is 7.05 Å². The van der Waals surface area contributed by atoms with Gasteiger partial charge >= 0.3 is 0 Å². The maximum absolute atomic E-state index is 13.2. The van der Waals surface area contributed by atoms with Gasteiger partial charge in [-0.3, -0.25) is 4.68 Å². The van der Waals surface area contributed by atoms with Crippen LogP contribution in [0, 0.1) is 5.82 Å². The molecule has 0 aliphatic heterocycles. The Morgan fingerprint density at radius 3 is 2.94 bits per heavy atom. The molecule has 0 aliphatic carbocycles. The standard InChI is InChI=1S/C14H14FN3/c1-17-10-11(9-16-17)4-6-18-7-5-12-2-3-13(15)8-14(12)18/h2-3,5,7-10H,4,6H2,1H3. The van der Waals surface area contributed by atoms with Crippen LogP contribution >= 0.6 is 0 Å². The molecule has 3 aromatic rings. The molecular formula is C14H14FN3. The second-order valence-corrected chi connectivity index (χ2v) is 4.48. The van der Waals surface area contributed by atoms with Crippen molar-refractivity contribution in [1.82, 2.24) is 14.3 Å². The molecule has 0 saturated heterocycles. The van der Waals surface area contributed by atoms with E-state index in [2.05, 4.69) is 9.67 Å². The monoisotopic (exact) mass is 243 g/mol. The average molecular weight is 243 g/mol. The summed E-state index contributed by atoms with van der Waals surface area (Å²) in [4.78, 5) is 0. The summed E-state index contributed by atoms with van der Waals surface area (Å²) in [6, 6.07) is 6.90. The molecule has 92 valence electrons. The van der Waals surface area contributed by atoms with E-state index in [4.69, 9.17) is 0 Å². The van der Waals surface area contributed by atoms with E-state index in [1.54, 1.807) is 10.7 Å². The number of nitrogens with zero attached hydrogens (tertiary/aromatic N) is 3. The number of aryl methyl sites for hydroxylation is 3. The molecule has 3 rings (SSSR count). The molecule has 0 amide bonds. The van der Waals surface area contributed by atoms with E-state index >= 15 is 0 Å². The normalized spacial score (nSPS) is 11.2. The number of aromatic nitrogens is 3. The third-order valence-electron chi connectivity index (χ3n) is 3.14. The van der Waals surface area contributed by atoms with Crippen LogP contribution in [0.25, 0.3) is 10.9 Å². The maximum atomic E-state index is 13.2. The van der Waals surface area contributed by atoms with Crippen molar-refractivity contribution in [3.05, 3.63) is 54.2 Å². The predicted octanol–water partition coefficient (Wildman–Crippen LogP) is 2.76. The van der Waals surface area contributed by atoms with Crippen molar-refractivity contribution in [3.8, 4) is 0 Å². The van der Waals surface area contributed by atoms with Crippen LogP contribution in [0.5, 0.6) is 0 Å². The van der Waals surface area contributed by atoms with Gasteiger partial charge in [0, 0.05) is 26.0 Å². The molecule has 2 aromatic heterocycles. The Balaban J connectivity index is 1.84. The Labute approximate surface area is 104 Å². The first kappa shape index (κ1) is 11.0. The van der Waals surface area contributed by atoms with Gasteiger partial charge in [0.25, 0.3) is 0 Å². The minimum Gasteiger partial charge on any atom is -0.347 e. The Kier molecular flexibility index (Phi) is 2.63. The number of benzene rings is 1. The number of halogens is 1. The second kappa shape index (κ2) is 4.29. The van der Waals surface area contributed by atoms with E-state index in [0.29, 0.717) is 0 Å². The third-order valence-corrected chi connectivity index (χ3v) is 3.14. The highest BCUT2D eigenvalue weighted by atomic mass is 19.1. The van der Waals surface area contributed by atoms with Crippen molar-refractivity contribution in [2.75, 3.05) is 0 Å². The van der Waals surface area contributed by atoms with Crippen LogP contribution in [0.2, 0.25) is 0 Å². The molecule has 4 heteroatoms. The molecule has 0 spiro atoms. The summed E-state index contributed by atoms with van der Waals surface area (Å²) in [6.45, 7) is 0.832. The second-order valence-electron chi connectivity index (χ2n) is 4.48. The van der Waals surface area contributed by atoms with Gasteiger partial charge in [0.2, 0.25) is 0 Å². The summed E-state index contributed by atoms with van der Waals surface area (Å²) >= 11 is 0. The molecule has 0 atom stereocenters. The first-order valence-electron chi connectivity index (χ1n) is 5.94. The lowest BCUT2D eigenvalue weighted by molar-refractivity contribution is 0.627. The topological polar surface area (TPSA) is 22.8 Å². The van der Waals surface area contributed by atoms with Crippen LogP contribution in [-0.2, 0) is 20.0 Å². The average Bonchev–Trinajstić information content (AvgIpc) is 2.93. The van der Waals surface area contributed by atoms with Gasteiger partial charge in [-0.25, -0.2) is 4.39 Å². The Bertz CT molecular complexity index is 681. The molecule has 0 radical (unpaired) electrons. The molecule has 0 bridgehead atoms. The smallest absolute Gasteiger partial charge is 0.125 e. The van der Waals surface area contributed by atoms with E-state index in [1.165, 1.54) is 11.6 Å². The van der Waals surface area contributed by atoms with Gasteiger partial charge in [-0.1, -0.05) is 0 Å². The first-order valence-corrected chi connectivity index (χ1v) is 5.94. The lowest BCUT2D eigenvalue weighted by Crippen LogP contribution is -1.99. The summed E-state index contributed by atoms with van der Waals surface area (Å²) in [5.41, 5.74) is 2.13. The number of hydrogen-bond acceptors (Lipinski definition) is 1. The van der Waals surface area contributed by atoms with Gasteiger partial charge in [-0.2, -0.15) is 5.10 Å². The van der Waals surface area contributed by atoms with Crippen molar-refractivity contribution >= 4 is 10.9 Å². The van der Waals surface area contributed by atoms with Gasteiger partial charge < -0.3 is 4.57 Å². The zero-order valence-corrected chi connectivity index (χ0v) is 10.2. The van der Waals surface area contributed by atoms with Crippen LogP contribution in [-0.4, -0.2) is 14.3 Å². The minimum absolute atomic E-state index is 0.191. The lowest BCUT2D eigenvalue weighted by atomic mass is 10.2. The number of hydrogen-bond donors (Lipinski definition) is 0. The summed E-state index contributed by atoms with van der Waals surface area (Å²) in [5.74, 6) is -0.191. The van der Waals surface area contributed by atoms with E-state index in [1.807, 2.05) is 37.8 Å². The summed E-state index contributed by atoms with van der Waals surface area (Å²) in [5, 5.41) is 5.21. The van der Waals surface area contributed by atoms with Gasteiger partial charge in [0.1, 0.15) is 5.82 Å². The van der Waals surface area contributed by atoms with E-state index < -0.39 is 0 Å². The van der Waals surface area contributed by atoms with Crippen LogP contribution in [0.1, 0.15) is 5.56 Å². The summed E-state index contributed by atoms with van der Waals surface area (Å²) in [7, 11) is 1.91. The van der Waals surface area contributed by atoms with Crippen molar-refractivity contribution in [2.45, 2.75) is 13.0 Å². The molecule has 0 aliphatic rings. The molecule has 0 fully saturated rings. The largest absolute Gasteiger partial charge is 0.347 e. The van der Waals surface area contributed by atoms with Crippen LogP contribution in [0.4, 0.5) is 4.39 Å². The highest BCUT2D eigenvalue weighted by Crippen LogP contribution is 2.17. The van der Waals surface area contributed by atoms with Gasteiger partial charge in [-0.15, -0.1) is 0 Å². The predicted molar refractivity (Wildman–Crippen MR) is 68.8 cm³/mol. The highest BCUT2D eigenvalue weighted by molar-refractivity contribution is 5.80. The fourth-order valence-corrected chi connectivity index (χ4v) is 2.20. The highest BCUT2D eigenvalue weighted by Gasteiger charge is 2.03. The van der Waals surface area contributed by atoms with E-state index in [0.717, 1.165) is 23.9 Å². The summed E-state index contributed by atoms with van der Waals surface area (Å²) < 4.78 is 17.1. The van der Waals surface area contributed by atoms with Crippen LogP contribution in [0.15, 0.2) is 42.9 Å². The van der Waals surface area contributed by atoms with Crippen LogP contribution < -0.4 is 0 Å². The molecule has 0 saturated carbocycles. The molecule has 0 N–H and O–H groups in total. The van der Waals surface area contributed by atoms with E-state index in [9.17, 15) is 4.39 Å². The van der Waals surface area contributed by atoms with Crippen LogP contribution in [0.3, 0.4) is 0 Å². The fraction of sp³-hybridized carbons (Fsp3) is 0.214. The minimum atomic E-state index is -0.191. The molecule has 1 aromatic carbocycles. The molecule has 3 nitrogen and oxygen atoms in total. The van der Waals surface area contributed by atoms with Crippen molar-refractivity contribution in [3.63, 3.8) is 0 Å². The first-order chi connectivity index (χ1) is 8.72. The molecule has 0 unspecified atom stereocenters. The maximum Gasteiger partial charge on any atom is 0.125 e. The number of fused-ring (bicyclic) bond motifs is 1. The Hall–Kier alpha value is -2.10. The Morgan fingerprint density at radius 2 is 2.17 bits per heavy atom. The SMILES string of the molecule is Cn1cc(CCn2ccc3ccc(F)cc32)cn1. The van der Waals surface area contributed by atoms with Crippen molar-refractivity contribution in [1.29, 1.82) is 0 Å². The van der Waals surface area contributed by atoms with Gasteiger partial charge in [0.05, 0.1) is 11.7 Å². The van der Waals surface area contributed by atoms with E-state index in [-0.39, 0.29) is 5.82 Å². The van der Waals surface area contributed by atoms with Gasteiger partial charge in [0.15, 0.2) is 0 Å². The molecule has 18 heavy (non-hydrogen) atoms. The Morgan fingerprint density at radius 1 is 1.28 bits per heavy atom. The molecular weight excluding hydrogens is 229 g/mol. The zero-order valence-electron chi connectivity index (χ0n) is 10.2.